The van der Waals surface area contributed by atoms with Crippen LogP contribution in [0.5, 0.6) is 0 Å². The molecule has 146 valence electrons. The predicted octanol–water partition coefficient (Wildman–Crippen LogP) is 3.58. The Hall–Kier alpha value is -3.81. The quantitative estimate of drug-likeness (QED) is 0.545. The van der Waals surface area contributed by atoms with Gasteiger partial charge in [0.2, 0.25) is 5.95 Å². The summed E-state index contributed by atoms with van der Waals surface area (Å²) in [5.74, 6) is 0.515. The molecule has 0 saturated heterocycles. The van der Waals surface area contributed by atoms with E-state index in [2.05, 4.69) is 37.5 Å². The Morgan fingerprint density at radius 3 is 2.59 bits per heavy atom. The van der Waals surface area contributed by atoms with E-state index in [-0.39, 0.29) is 6.03 Å². The van der Waals surface area contributed by atoms with Gasteiger partial charge in [-0.3, -0.25) is 14.5 Å². The summed E-state index contributed by atoms with van der Waals surface area (Å²) in [7, 11) is 0. The van der Waals surface area contributed by atoms with Crippen LogP contribution in [0.25, 0.3) is 28.1 Å². The number of fused-ring (bicyclic) bond motifs is 1. The van der Waals surface area contributed by atoms with Gasteiger partial charge in [0.25, 0.3) is 0 Å². The molecule has 0 unspecified atom stereocenters. The molecule has 8 nitrogen and oxygen atoms in total. The minimum absolute atomic E-state index is 0.285. The highest BCUT2D eigenvalue weighted by Gasteiger charge is 2.16. The maximum absolute atomic E-state index is 12.1. The number of amides is 2. The zero-order chi connectivity index (χ0) is 20.2. The number of urea groups is 1. The molecule has 0 bridgehead atoms. The van der Waals surface area contributed by atoms with E-state index in [1.807, 2.05) is 42.1 Å². The van der Waals surface area contributed by atoms with Crippen LogP contribution < -0.4 is 10.6 Å². The molecule has 4 heterocycles. The average Bonchev–Trinajstić information content (AvgIpc) is 3.12. The predicted molar refractivity (Wildman–Crippen MR) is 112 cm³/mol. The Kier molecular flexibility index (Phi) is 5.15. The van der Waals surface area contributed by atoms with E-state index in [1.54, 1.807) is 24.8 Å². The molecule has 0 spiro atoms. The van der Waals surface area contributed by atoms with E-state index in [1.165, 1.54) is 0 Å². The van der Waals surface area contributed by atoms with Crippen molar-refractivity contribution in [3.05, 3.63) is 60.9 Å². The van der Waals surface area contributed by atoms with Gasteiger partial charge >= 0.3 is 6.03 Å². The number of rotatable bonds is 5. The van der Waals surface area contributed by atoms with Gasteiger partial charge in [-0.1, -0.05) is 13.0 Å². The van der Waals surface area contributed by atoms with Crippen molar-refractivity contribution in [2.24, 2.45) is 0 Å². The fourth-order valence-corrected chi connectivity index (χ4v) is 3.03. The van der Waals surface area contributed by atoms with E-state index in [9.17, 15) is 4.79 Å². The Morgan fingerprint density at radius 2 is 1.90 bits per heavy atom. The third kappa shape index (κ3) is 3.77. The molecule has 0 atom stereocenters. The first-order valence-corrected chi connectivity index (χ1v) is 9.47. The summed E-state index contributed by atoms with van der Waals surface area (Å²) in [5, 5.41) is 5.59. The summed E-state index contributed by atoms with van der Waals surface area (Å²) in [4.78, 5) is 29.8. The molecule has 2 N–H and O–H groups in total. The lowest BCUT2D eigenvalue weighted by molar-refractivity contribution is 0.252. The van der Waals surface area contributed by atoms with Gasteiger partial charge in [0.05, 0.1) is 11.2 Å². The number of aryl methyl sites for hydroxylation is 1. The molecule has 0 aliphatic rings. The molecule has 0 saturated carbocycles. The molecule has 0 fully saturated rings. The minimum atomic E-state index is -0.285. The lowest BCUT2D eigenvalue weighted by atomic mass is 10.1. The second-order valence-corrected chi connectivity index (χ2v) is 6.48. The SMILES string of the molecule is CCNC(=O)Nc1cn(-c2ncc(CC)cn2)c2cc(-c3cccnc3)cnc12. The summed E-state index contributed by atoms with van der Waals surface area (Å²) in [5.41, 5.74) is 4.97. The Bertz CT molecular complexity index is 1140. The van der Waals surface area contributed by atoms with Crippen molar-refractivity contribution in [2.45, 2.75) is 20.3 Å². The number of anilines is 1. The zero-order valence-corrected chi connectivity index (χ0v) is 16.3. The zero-order valence-electron chi connectivity index (χ0n) is 16.3. The van der Waals surface area contributed by atoms with Crippen LogP contribution in [-0.2, 0) is 6.42 Å². The maximum atomic E-state index is 12.1. The molecule has 0 aliphatic carbocycles. The standard InChI is InChI=1S/C21H21N7O/c1-3-14-9-25-20(26-10-14)28-13-17(27-21(29)23-4-2)19-18(28)8-16(12-24-19)15-6-5-7-22-11-15/h5-13H,3-4H2,1-2H3,(H2,23,27,29). The first-order chi connectivity index (χ1) is 14.2. The van der Waals surface area contributed by atoms with Crippen LogP contribution in [-0.4, -0.2) is 37.1 Å². The van der Waals surface area contributed by atoms with Crippen LogP contribution in [0.3, 0.4) is 0 Å². The fraction of sp³-hybridized carbons (Fsp3) is 0.190. The van der Waals surface area contributed by atoms with Crippen LogP contribution in [0.15, 0.2) is 55.4 Å². The molecule has 0 aromatic carbocycles. The number of carbonyl (C=O) groups excluding carboxylic acids is 1. The van der Waals surface area contributed by atoms with Gasteiger partial charge in [0.1, 0.15) is 5.52 Å². The third-order valence-electron chi connectivity index (χ3n) is 4.54. The van der Waals surface area contributed by atoms with E-state index in [4.69, 9.17) is 0 Å². The summed E-state index contributed by atoms with van der Waals surface area (Å²) >= 11 is 0. The molecular formula is C21H21N7O. The molecule has 8 heteroatoms. The number of carbonyl (C=O) groups is 1. The molecule has 0 radical (unpaired) electrons. The minimum Gasteiger partial charge on any atom is -0.338 e. The lowest BCUT2D eigenvalue weighted by Crippen LogP contribution is -2.28. The monoisotopic (exact) mass is 387 g/mol. The number of aromatic nitrogens is 5. The average molecular weight is 387 g/mol. The van der Waals surface area contributed by atoms with E-state index < -0.39 is 0 Å². The van der Waals surface area contributed by atoms with E-state index in [0.717, 1.165) is 28.6 Å². The lowest BCUT2D eigenvalue weighted by Gasteiger charge is -2.05. The summed E-state index contributed by atoms with van der Waals surface area (Å²) in [6.45, 7) is 4.46. The number of hydrogen-bond donors (Lipinski definition) is 2. The topological polar surface area (TPSA) is 97.6 Å². The largest absolute Gasteiger partial charge is 0.338 e. The molecule has 4 aromatic heterocycles. The van der Waals surface area contributed by atoms with Crippen molar-refractivity contribution < 1.29 is 4.79 Å². The Labute approximate surface area is 168 Å². The molecular weight excluding hydrogens is 366 g/mol. The van der Waals surface area contributed by atoms with Crippen molar-refractivity contribution >= 4 is 22.8 Å². The second-order valence-electron chi connectivity index (χ2n) is 6.48. The number of hydrogen-bond acceptors (Lipinski definition) is 5. The normalized spacial score (nSPS) is 10.8. The second kappa shape index (κ2) is 8.05. The molecule has 0 aliphatic heterocycles. The van der Waals surface area contributed by atoms with E-state index in [0.29, 0.717) is 23.7 Å². The van der Waals surface area contributed by atoms with Gasteiger partial charge in [-0.2, -0.15) is 0 Å². The highest BCUT2D eigenvalue weighted by molar-refractivity contribution is 6.00. The summed E-state index contributed by atoms with van der Waals surface area (Å²) in [6, 6.07) is 5.57. The molecule has 4 rings (SSSR count). The fourth-order valence-electron chi connectivity index (χ4n) is 3.03. The van der Waals surface area contributed by atoms with Crippen molar-refractivity contribution in [3.8, 4) is 17.1 Å². The first kappa shape index (κ1) is 18.5. The van der Waals surface area contributed by atoms with Crippen molar-refractivity contribution in [1.29, 1.82) is 0 Å². The van der Waals surface area contributed by atoms with Crippen molar-refractivity contribution in [1.82, 2.24) is 29.8 Å². The molecule has 2 amide bonds. The van der Waals surface area contributed by atoms with Crippen LogP contribution in [0.4, 0.5) is 10.5 Å². The van der Waals surface area contributed by atoms with Gasteiger partial charge < -0.3 is 10.6 Å². The van der Waals surface area contributed by atoms with Gasteiger partial charge in [-0.05, 0) is 31.0 Å². The first-order valence-electron chi connectivity index (χ1n) is 9.47. The maximum Gasteiger partial charge on any atom is 0.319 e. The van der Waals surface area contributed by atoms with Crippen LogP contribution in [0.2, 0.25) is 0 Å². The van der Waals surface area contributed by atoms with Gasteiger partial charge in [-0.25, -0.2) is 14.8 Å². The van der Waals surface area contributed by atoms with Gasteiger partial charge in [0.15, 0.2) is 0 Å². The van der Waals surface area contributed by atoms with Crippen LogP contribution >= 0.6 is 0 Å². The van der Waals surface area contributed by atoms with E-state index >= 15 is 0 Å². The number of pyridine rings is 2. The summed E-state index contributed by atoms with van der Waals surface area (Å²) < 4.78 is 1.84. The van der Waals surface area contributed by atoms with Gasteiger partial charge in [0, 0.05) is 54.9 Å². The number of nitrogens with zero attached hydrogens (tertiary/aromatic N) is 5. The van der Waals surface area contributed by atoms with Crippen molar-refractivity contribution in [2.75, 3.05) is 11.9 Å². The Balaban J connectivity index is 1.85. The van der Waals surface area contributed by atoms with Gasteiger partial charge in [-0.15, -0.1) is 0 Å². The van der Waals surface area contributed by atoms with Crippen LogP contribution in [0.1, 0.15) is 19.4 Å². The Morgan fingerprint density at radius 1 is 1.07 bits per heavy atom. The highest BCUT2D eigenvalue weighted by atomic mass is 16.2. The summed E-state index contributed by atoms with van der Waals surface area (Å²) in [6.07, 6.45) is 11.6. The van der Waals surface area contributed by atoms with Crippen molar-refractivity contribution in [3.63, 3.8) is 0 Å². The molecule has 4 aromatic rings. The number of nitrogens with one attached hydrogen (secondary N) is 2. The third-order valence-corrected chi connectivity index (χ3v) is 4.54. The smallest absolute Gasteiger partial charge is 0.319 e. The molecule has 29 heavy (non-hydrogen) atoms. The highest BCUT2D eigenvalue weighted by Crippen LogP contribution is 2.29. The van der Waals surface area contributed by atoms with Crippen LogP contribution in [0, 0.1) is 0 Å².